The SMILES string of the molecule is Cc1ccc(C(=O)CN2CCCC2)s1. The molecule has 0 unspecified atom stereocenters. The fraction of sp³-hybridized carbons (Fsp3) is 0.545. The Hall–Kier alpha value is -0.670. The Kier molecular flexibility index (Phi) is 2.99. The third-order valence-corrected chi connectivity index (χ3v) is 3.62. The van der Waals surface area contributed by atoms with Crippen LogP contribution in [0.5, 0.6) is 0 Å². The predicted molar refractivity (Wildman–Crippen MR) is 59.1 cm³/mol. The third-order valence-electron chi connectivity index (χ3n) is 2.58. The van der Waals surface area contributed by atoms with Gasteiger partial charge < -0.3 is 0 Å². The first-order chi connectivity index (χ1) is 6.75. The smallest absolute Gasteiger partial charge is 0.186 e. The number of aryl methyl sites for hydroxylation is 1. The minimum atomic E-state index is 0.282. The van der Waals surface area contributed by atoms with Crippen molar-refractivity contribution >= 4 is 17.1 Å². The summed E-state index contributed by atoms with van der Waals surface area (Å²) in [5.41, 5.74) is 0. The zero-order valence-corrected chi connectivity index (χ0v) is 9.27. The van der Waals surface area contributed by atoms with Gasteiger partial charge in [0.15, 0.2) is 5.78 Å². The van der Waals surface area contributed by atoms with E-state index in [1.807, 2.05) is 19.1 Å². The first-order valence-electron chi connectivity index (χ1n) is 5.08. The number of hydrogen-bond acceptors (Lipinski definition) is 3. The van der Waals surface area contributed by atoms with E-state index in [-0.39, 0.29) is 5.78 Å². The van der Waals surface area contributed by atoms with Gasteiger partial charge >= 0.3 is 0 Å². The van der Waals surface area contributed by atoms with Crippen LogP contribution in [0.3, 0.4) is 0 Å². The maximum absolute atomic E-state index is 11.8. The van der Waals surface area contributed by atoms with E-state index in [0.29, 0.717) is 6.54 Å². The van der Waals surface area contributed by atoms with E-state index >= 15 is 0 Å². The summed E-state index contributed by atoms with van der Waals surface area (Å²) in [5.74, 6) is 0.282. The maximum Gasteiger partial charge on any atom is 0.186 e. The molecule has 1 aliphatic heterocycles. The van der Waals surface area contributed by atoms with Gasteiger partial charge in [0.25, 0.3) is 0 Å². The second-order valence-corrected chi connectivity index (χ2v) is 5.10. The third kappa shape index (κ3) is 2.22. The van der Waals surface area contributed by atoms with E-state index in [1.165, 1.54) is 17.7 Å². The van der Waals surface area contributed by atoms with Crippen LogP contribution < -0.4 is 0 Å². The molecule has 0 saturated carbocycles. The minimum Gasteiger partial charge on any atom is -0.296 e. The first kappa shape index (κ1) is 9.87. The lowest BCUT2D eigenvalue weighted by molar-refractivity contribution is 0.0949. The van der Waals surface area contributed by atoms with E-state index in [4.69, 9.17) is 0 Å². The Morgan fingerprint density at radius 1 is 1.43 bits per heavy atom. The molecule has 3 heteroatoms. The van der Waals surface area contributed by atoms with Crippen LogP contribution in [0.1, 0.15) is 27.4 Å². The number of likely N-dealkylation sites (tertiary alicyclic amines) is 1. The van der Waals surface area contributed by atoms with Gasteiger partial charge in [0.1, 0.15) is 0 Å². The number of rotatable bonds is 3. The van der Waals surface area contributed by atoms with Gasteiger partial charge in [-0.3, -0.25) is 9.69 Å². The van der Waals surface area contributed by atoms with Gasteiger partial charge in [-0.05, 0) is 45.0 Å². The molecule has 1 aliphatic rings. The van der Waals surface area contributed by atoms with E-state index in [9.17, 15) is 4.79 Å². The monoisotopic (exact) mass is 209 g/mol. The van der Waals surface area contributed by atoms with Crippen molar-refractivity contribution in [1.82, 2.24) is 4.90 Å². The summed E-state index contributed by atoms with van der Waals surface area (Å²) in [6.07, 6.45) is 2.49. The van der Waals surface area contributed by atoms with Crippen LogP contribution in [0.2, 0.25) is 0 Å². The molecule has 76 valence electrons. The van der Waals surface area contributed by atoms with Crippen LogP contribution in [0.4, 0.5) is 0 Å². The van der Waals surface area contributed by atoms with Gasteiger partial charge in [0, 0.05) is 4.88 Å². The Bertz CT molecular complexity index is 326. The molecular formula is C11H15NOS. The summed E-state index contributed by atoms with van der Waals surface area (Å²) < 4.78 is 0. The van der Waals surface area contributed by atoms with Crippen molar-refractivity contribution in [2.75, 3.05) is 19.6 Å². The molecule has 0 atom stereocenters. The van der Waals surface area contributed by atoms with Crippen LogP contribution in [0.15, 0.2) is 12.1 Å². The molecule has 2 rings (SSSR count). The van der Waals surface area contributed by atoms with Crippen molar-refractivity contribution in [3.63, 3.8) is 0 Å². The van der Waals surface area contributed by atoms with Crippen molar-refractivity contribution in [3.8, 4) is 0 Å². The number of carbonyl (C=O) groups excluding carboxylic acids is 1. The average Bonchev–Trinajstić information content (AvgIpc) is 2.75. The van der Waals surface area contributed by atoms with Gasteiger partial charge in [-0.15, -0.1) is 11.3 Å². The number of hydrogen-bond donors (Lipinski definition) is 0. The molecule has 1 aromatic rings. The fourth-order valence-electron chi connectivity index (χ4n) is 1.81. The molecule has 0 bridgehead atoms. The summed E-state index contributed by atoms with van der Waals surface area (Å²) >= 11 is 1.60. The summed E-state index contributed by atoms with van der Waals surface area (Å²) in [5, 5.41) is 0. The second kappa shape index (κ2) is 4.24. The highest BCUT2D eigenvalue weighted by atomic mass is 32.1. The molecule has 0 spiro atoms. The van der Waals surface area contributed by atoms with Crippen LogP contribution >= 0.6 is 11.3 Å². The molecule has 14 heavy (non-hydrogen) atoms. The molecule has 0 aromatic carbocycles. The zero-order chi connectivity index (χ0) is 9.97. The Labute approximate surface area is 88.5 Å². The Morgan fingerprint density at radius 3 is 2.71 bits per heavy atom. The van der Waals surface area contributed by atoms with E-state index in [2.05, 4.69) is 4.90 Å². The van der Waals surface area contributed by atoms with Crippen LogP contribution in [-0.2, 0) is 0 Å². The summed E-state index contributed by atoms with van der Waals surface area (Å²) in [6.45, 7) is 4.84. The van der Waals surface area contributed by atoms with Crippen molar-refractivity contribution < 1.29 is 4.79 Å². The minimum absolute atomic E-state index is 0.282. The van der Waals surface area contributed by atoms with Crippen molar-refractivity contribution in [3.05, 3.63) is 21.9 Å². The molecule has 1 saturated heterocycles. The average molecular weight is 209 g/mol. The van der Waals surface area contributed by atoms with E-state index < -0.39 is 0 Å². The standard InChI is InChI=1S/C11H15NOS/c1-9-4-5-11(14-9)10(13)8-12-6-2-3-7-12/h4-5H,2-3,6-8H2,1H3. The molecule has 0 N–H and O–H groups in total. The van der Waals surface area contributed by atoms with E-state index in [0.717, 1.165) is 18.0 Å². The highest BCUT2D eigenvalue weighted by Gasteiger charge is 2.16. The number of nitrogens with zero attached hydrogens (tertiary/aromatic N) is 1. The number of thiophene rings is 1. The van der Waals surface area contributed by atoms with Crippen LogP contribution in [0.25, 0.3) is 0 Å². The van der Waals surface area contributed by atoms with E-state index in [1.54, 1.807) is 11.3 Å². The van der Waals surface area contributed by atoms with Crippen molar-refractivity contribution in [1.29, 1.82) is 0 Å². The summed E-state index contributed by atoms with van der Waals surface area (Å²) in [4.78, 5) is 16.2. The largest absolute Gasteiger partial charge is 0.296 e. The molecule has 1 fully saturated rings. The predicted octanol–water partition coefficient (Wildman–Crippen LogP) is 2.34. The molecular weight excluding hydrogens is 194 g/mol. The molecule has 0 radical (unpaired) electrons. The van der Waals surface area contributed by atoms with Gasteiger partial charge in [0.05, 0.1) is 11.4 Å². The van der Waals surface area contributed by atoms with Gasteiger partial charge in [0.2, 0.25) is 0 Å². The normalized spacial score (nSPS) is 17.5. The zero-order valence-electron chi connectivity index (χ0n) is 8.45. The lowest BCUT2D eigenvalue weighted by atomic mass is 10.3. The topological polar surface area (TPSA) is 20.3 Å². The summed E-state index contributed by atoms with van der Waals surface area (Å²) in [7, 11) is 0. The van der Waals surface area contributed by atoms with Crippen molar-refractivity contribution in [2.24, 2.45) is 0 Å². The number of ketones is 1. The van der Waals surface area contributed by atoms with Gasteiger partial charge in [-0.25, -0.2) is 0 Å². The summed E-state index contributed by atoms with van der Waals surface area (Å²) in [6, 6.07) is 3.96. The Morgan fingerprint density at radius 2 is 2.14 bits per heavy atom. The lowest BCUT2D eigenvalue weighted by Crippen LogP contribution is -2.26. The second-order valence-electron chi connectivity index (χ2n) is 3.82. The maximum atomic E-state index is 11.8. The van der Waals surface area contributed by atoms with Gasteiger partial charge in [-0.1, -0.05) is 0 Å². The molecule has 0 aliphatic carbocycles. The highest BCUT2D eigenvalue weighted by molar-refractivity contribution is 7.14. The number of Topliss-reactive ketones (excluding diaryl/α,β-unsaturated/α-hetero) is 1. The molecule has 2 nitrogen and oxygen atoms in total. The quantitative estimate of drug-likeness (QED) is 0.712. The molecule has 0 amide bonds. The highest BCUT2D eigenvalue weighted by Crippen LogP contribution is 2.17. The molecule has 1 aromatic heterocycles. The lowest BCUT2D eigenvalue weighted by Gasteiger charge is -2.11. The molecule has 2 heterocycles. The fourth-order valence-corrected chi connectivity index (χ4v) is 2.60. The number of carbonyl (C=O) groups is 1. The van der Waals surface area contributed by atoms with Crippen LogP contribution in [-0.4, -0.2) is 30.3 Å². The Balaban J connectivity index is 1.95. The first-order valence-corrected chi connectivity index (χ1v) is 5.89. The van der Waals surface area contributed by atoms with Gasteiger partial charge in [-0.2, -0.15) is 0 Å². The van der Waals surface area contributed by atoms with Crippen LogP contribution in [0, 0.1) is 6.92 Å². The van der Waals surface area contributed by atoms with Crippen molar-refractivity contribution in [2.45, 2.75) is 19.8 Å².